The quantitative estimate of drug-likeness (QED) is 0.776. The van der Waals surface area contributed by atoms with Gasteiger partial charge in [-0.1, -0.05) is 6.92 Å². The first kappa shape index (κ1) is 12.5. The molecule has 1 heterocycles. The number of rotatable bonds is 6. The molecule has 0 saturated heterocycles. The van der Waals surface area contributed by atoms with Gasteiger partial charge in [-0.05, 0) is 19.5 Å². The molecule has 1 aromatic heterocycles. The monoisotopic (exact) mass is 221 g/mol. The van der Waals surface area contributed by atoms with Crippen molar-refractivity contribution in [2.24, 2.45) is 5.92 Å². The third kappa shape index (κ3) is 3.91. The highest BCUT2D eigenvalue weighted by atomic mass is 15.3. The van der Waals surface area contributed by atoms with Crippen LogP contribution in [0.25, 0.3) is 0 Å². The van der Waals surface area contributed by atoms with E-state index in [0.717, 1.165) is 26.2 Å². The molecule has 0 fully saturated rings. The summed E-state index contributed by atoms with van der Waals surface area (Å²) in [7, 11) is 0. The number of hydrogen-bond donors (Lipinski definition) is 1. The second-order valence-corrected chi connectivity index (χ2v) is 3.93. The summed E-state index contributed by atoms with van der Waals surface area (Å²) >= 11 is 0. The fourth-order valence-corrected chi connectivity index (χ4v) is 1.55. The highest BCUT2D eigenvalue weighted by Gasteiger charge is 2.07. The topological polar surface area (TPSA) is 70.9 Å². The lowest BCUT2D eigenvalue weighted by Gasteiger charge is -2.21. The average molecular weight is 221 g/mol. The van der Waals surface area contributed by atoms with Crippen LogP contribution in [0.1, 0.15) is 13.8 Å². The average Bonchev–Trinajstić information content (AvgIpc) is 2.69. The molecule has 0 spiro atoms. The van der Waals surface area contributed by atoms with Gasteiger partial charge in [-0.3, -0.25) is 4.68 Å². The summed E-state index contributed by atoms with van der Waals surface area (Å²) in [6.07, 6.45) is 1.87. The Morgan fingerprint density at radius 2 is 2.44 bits per heavy atom. The first-order valence-corrected chi connectivity index (χ1v) is 5.56. The minimum atomic E-state index is 0.0719. The first-order chi connectivity index (χ1) is 7.65. The molecule has 16 heavy (non-hydrogen) atoms. The van der Waals surface area contributed by atoms with E-state index < -0.39 is 0 Å². The van der Waals surface area contributed by atoms with Crippen LogP contribution < -0.4 is 5.73 Å². The van der Waals surface area contributed by atoms with E-state index in [2.05, 4.69) is 23.0 Å². The summed E-state index contributed by atoms with van der Waals surface area (Å²) in [6.45, 7) is 7.50. The van der Waals surface area contributed by atoms with Crippen LogP contribution in [-0.4, -0.2) is 34.3 Å². The maximum absolute atomic E-state index is 8.76. The third-order valence-corrected chi connectivity index (χ3v) is 2.51. The van der Waals surface area contributed by atoms with Gasteiger partial charge in [0.2, 0.25) is 0 Å². The largest absolute Gasteiger partial charge is 0.382 e. The van der Waals surface area contributed by atoms with Crippen molar-refractivity contribution >= 4 is 5.82 Å². The van der Waals surface area contributed by atoms with E-state index in [4.69, 9.17) is 11.0 Å². The van der Waals surface area contributed by atoms with Crippen LogP contribution in [0.2, 0.25) is 0 Å². The number of nitriles is 1. The van der Waals surface area contributed by atoms with Gasteiger partial charge in [-0.25, -0.2) is 0 Å². The molecule has 0 bridgehead atoms. The van der Waals surface area contributed by atoms with E-state index in [-0.39, 0.29) is 5.92 Å². The number of nitrogens with two attached hydrogens (primary N) is 1. The van der Waals surface area contributed by atoms with Crippen LogP contribution in [0.5, 0.6) is 0 Å². The van der Waals surface area contributed by atoms with Crippen molar-refractivity contribution in [3.05, 3.63) is 12.3 Å². The number of nitrogens with zero attached hydrogens (tertiary/aromatic N) is 4. The van der Waals surface area contributed by atoms with Gasteiger partial charge >= 0.3 is 0 Å². The standard InChI is InChI=1S/C11H19N5/c1-3-15(9-10(2)8-12)6-7-16-5-4-11(13)14-16/h4-5,10H,3,6-7,9H2,1-2H3,(H2,13,14). The molecular formula is C11H19N5. The summed E-state index contributed by atoms with van der Waals surface area (Å²) in [5.41, 5.74) is 5.53. The summed E-state index contributed by atoms with van der Waals surface area (Å²) in [5, 5.41) is 12.9. The molecule has 0 saturated carbocycles. The smallest absolute Gasteiger partial charge is 0.145 e. The lowest BCUT2D eigenvalue weighted by atomic mass is 10.2. The van der Waals surface area contributed by atoms with Crippen LogP contribution in [0.3, 0.4) is 0 Å². The van der Waals surface area contributed by atoms with Crippen molar-refractivity contribution < 1.29 is 0 Å². The second-order valence-electron chi connectivity index (χ2n) is 3.93. The second kappa shape index (κ2) is 6.13. The van der Waals surface area contributed by atoms with Gasteiger partial charge < -0.3 is 10.6 Å². The summed E-state index contributed by atoms with van der Waals surface area (Å²) in [6, 6.07) is 4.03. The molecule has 0 aromatic carbocycles. The zero-order valence-corrected chi connectivity index (χ0v) is 9.93. The van der Waals surface area contributed by atoms with Crippen LogP contribution in [-0.2, 0) is 6.54 Å². The Bertz CT molecular complexity index is 352. The minimum absolute atomic E-state index is 0.0719. The van der Waals surface area contributed by atoms with Gasteiger partial charge in [0.25, 0.3) is 0 Å². The molecular weight excluding hydrogens is 202 g/mol. The van der Waals surface area contributed by atoms with Gasteiger partial charge in [0.15, 0.2) is 0 Å². The summed E-state index contributed by atoms with van der Waals surface area (Å²) in [5.74, 6) is 0.621. The Labute approximate surface area is 96.5 Å². The zero-order chi connectivity index (χ0) is 12.0. The molecule has 1 unspecified atom stereocenters. The first-order valence-electron chi connectivity index (χ1n) is 5.56. The van der Waals surface area contributed by atoms with Crippen molar-refractivity contribution in [3.8, 4) is 6.07 Å². The number of nitrogen functional groups attached to an aromatic ring is 1. The molecule has 0 aliphatic rings. The van der Waals surface area contributed by atoms with E-state index in [1.54, 1.807) is 6.07 Å². The molecule has 5 heteroatoms. The van der Waals surface area contributed by atoms with E-state index >= 15 is 0 Å². The molecule has 0 radical (unpaired) electrons. The maximum Gasteiger partial charge on any atom is 0.145 e. The van der Waals surface area contributed by atoms with Crippen molar-refractivity contribution in [1.29, 1.82) is 5.26 Å². The van der Waals surface area contributed by atoms with Gasteiger partial charge in [-0.15, -0.1) is 0 Å². The van der Waals surface area contributed by atoms with Gasteiger partial charge in [0.05, 0.1) is 18.5 Å². The van der Waals surface area contributed by atoms with Crippen LogP contribution in [0.4, 0.5) is 5.82 Å². The van der Waals surface area contributed by atoms with Gasteiger partial charge in [0.1, 0.15) is 5.82 Å². The number of anilines is 1. The van der Waals surface area contributed by atoms with Crippen LogP contribution >= 0.6 is 0 Å². The highest BCUT2D eigenvalue weighted by Crippen LogP contribution is 2.00. The van der Waals surface area contributed by atoms with Crippen molar-refractivity contribution in [2.45, 2.75) is 20.4 Å². The van der Waals surface area contributed by atoms with E-state index in [0.29, 0.717) is 5.82 Å². The Kier molecular flexibility index (Phi) is 4.80. The van der Waals surface area contributed by atoms with Crippen molar-refractivity contribution in [2.75, 3.05) is 25.4 Å². The maximum atomic E-state index is 8.76. The Balaban J connectivity index is 2.37. The number of likely N-dealkylation sites (N-methyl/N-ethyl adjacent to an activating group) is 1. The van der Waals surface area contributed by atoms with Gasteiger partial charge in [0, 0.05) is 19.3 Å². The number of hydrogen-bond acceptors (Lipinski definition) is 4. The molecule has 88 valence electrons. The molecule has 0 amide bonds. The van der Waals surface area contributed by atoms with E-state index in [9.17, 15) is 0 Å². The fourth-order valence-electron chi connectivity index (χ4n) is 1.55. The summed E-state index contributed by atoms with van der Waals surface area (Å²) in [4.78, 5) is 2.24. The number of aromatic nitrogens is 2. The molecule has 1 rings (SSSR count). The predicted octanol–water partition coefficient (Wildman–Crippen LogP) is 0.947. The highest BCUT2D eigenvalue weighted by molar-refractivity contribution is 5.23. The predicted molar refractivity (Wildman–Crippen MR) is 63.5 cm³/mol. The fraction of sp³-hybridized carbons (Fsp3) is 0.636. The molecule has 2 N–H and O–H groups in total. The van der Waals surface area contributed by atoms with E-state index in [1.165, 1.54) is 0 Å². The summed E-state index contributed by atoms with van der Waals surface area (Å²) < 4.78 is 1.83. The van der Waals surface area contributed by atoms with Crippen molar-refractivity contribution in [3.63, 3.8) is 0 Å². The molecule has 0 aliphatic carbocycles. The Morgan fingerprint density at radius 3 is 2.94 bits per heavy atom. The molecule has 5 nitrogen and oxygen atoms in total. The van der Waals surface area contributed by atoms with Crippen molar-refractivity contribution in [1.82, 2.24) is 14.7 Å². The van der Waals surface area contributed by atoms with Gasteiger partial charge in [-0.2, -0.15) is 10.4 Å². The van der Waals surface area contributed by atoms with Crippen LogP contribution in [0, 0.1) is 17.2 Å². The Hall–Kier alpha value is -1.54. The zero-order valence-electron chi connectivity index (χ0n) is 9.93. The SMILES string of the molecule is CCN(CCn1ccc(N)n1)CC(C)C#N. The minimum Gasteiger partial charge on any atom is -0.382 e. The van der Waals surface area contributed by atoms with E-state index in [1.807, 2.05) is 17.8 Å². The lowest BCUT2D eigenvalue weighted by Crippen LogP contribution is -2.31. The molecule has 1 atom stereocenters. The Morgan fingerprint density at radius 1 is 1.69 bits per heavy atom. The molecule has 0 aliphatic heterocycles. The lowest BCUT2D eigenvalue weighted by molar-refractivity contribution is 0.254. The normalized spacial score (nSPS) is 12.6. The molecule has 1 aromatic rings. The van der Waals surface area contributed by atoms with Crippen LogP contribution in [0.15, 0.2) is 12.3 Å². The third-order valence-electron chi connectivity index (χ3n) is 2.51.